The third-order valence-electron chi connectivity index (χ3n) is 1.67. The minimum atomic E-state index is 0.345. The molecule has 0 aromatic carbocycles. The van der Waals surface area contributed by atoms with Crippen LogP contribution in [0, 0.1) is 11.3 Å². The summed E-state index contributed by atoms with van der Waals surface area (Å²) in [6.07, 6.45) is 2.94. The maximum atomic E-state index is 8.67. The van der Waals surface area contributed by atoms with Gasteiger partial charge in [0, 0.05) is 0 Å². The van der Waals surface area contributed by atoms with Crippen LogP contribution in [0.2, 0.25) is 0 Å². The topological polar surface area (TPSA) is 80.0 Å². The van der Waals surface area contributed by atoms with Gasteiger partial charge < -0.3 is 5.73 Å². The Labute approximate surface area is 82.0 Å². The largest absolute Gasteiger partial charge is 0.384 e. The summed E-state index contributed by atoms with van der Waals surface area (Å²) in [6.45, 7) is 0. The first-order valence-corrected chi connectivity index (χ1v) is 4.20. The third kappa shape index (κ3) is 1.05. The zero-order valence-corrected chi connectivity index (χ0v) is 7.98. The van der Waals surface area contributed by atoms with E-state index in [4.69, 9.17) is 11.0 Å². The highest BCUT2D eigenvalue weighted by molar-refractivity contribution is 9.10. The lowest BCUT2D eigenvalue weighted by molar-refractivity contribution is 1.11. The van der Waals surface area contributed by atoms with Crippen molar-refractivity contribution >= 4 is 27.4 Å². The van der Waals surface area contributed by atoms with Gasteiger partial charge in [0.15, 0.2) is 10.3 Å². The van der Waals surface area contributed by atoms with Crippen LogP contribution in [0.5, 0.6) is 0 Å². The summed E-state index contributed by atoms with van der Waals surface area (Å²) < 4.78 is 2.17. The van der Waals surface area contributed by atoms with Crippen LogP contribution in [0.25, 0.3) is 5.65 Å². The first-order valence-electron chi connectivity index (χ1n) is 3.41. The van der Waals surface area contributed by atoms with Gasteiger partial charge in [0.25, 0.3) is 0 Å². The van der Waals surface area contributed by atoms with E-state index in [1.807, 2.05) is 6.07 Å². The predicted octanol–water partition coefficient (Wildman–Crippen LogP) is 0.946. The molecule has 0 unspecified atom stereocenters. The van der Waals surface area contributed by atoms with Gasteiger partial charge in [-0.25, -0.2) is 9.97 Å². The van der Waals surface area contributed by atoms with Crippen molar-refractivity contribution < 1.29 is 0 Å². The Morgan fingerprint density at radius 3 is 3.00 bits per heavy atom. The summed E-state index contributed by atoms with van der Waals surface area (Å²) in [5, 5.41) is 8.67. The Kier molecular flexibility index (Phi) is 1.67. The van der Waals surface area contributed by atoms with Crippen LogP contribution in [-0.2, 0) is 0 Å². The summed E-state index contributed by atoms with van der Waals surface area (Å²) in [7, 11) is 0. The van der Waals surface area contributed by atoms with Crippen LogP contribution in [0.3, 0.4) is 0 Å². The first-order chi connectivity index (χ1) is 6.24. The molecule has 2 rings (SSSR count). The SMILES string of the molecule is N#Cc1cnc2c(Br)ncn2c1N. The summed E-state index contributed by atoms with van der Waals surface area (Å²) in [5.41, 5.74) is 6.64. The highest BCUT2D eigenvalue weighted by atomic mass is 79.9. The van der Waals surface area contributed by atoms with Crippen molar-refractivity contribution in [2.45, 2.75) is 0 Å². The Bertz CT molecular complexity index is 509. The van der Waals surface area contributed by atoms with Gasteiger partial charge >= 0.3 is 0 Å². The molecule has 0 spiro atoms. The molecule has 0 atom stereocenters. The number of rotatable bonds is 0. The number of hydrogen-bond acceptors (Lipinski definition) is 4. The summed E-state index contributed by atoms with van der Waals surface area (Å²) >= 11 is 3.21. The fourth-order valence-electron chi connectivity index (χ4n) is 1.02. The molecular formula is C7H4BrN5. The molecule has 2 heterocycles. The lowest BCUT2D eigenvalue weighted by Gasteiger charge is -1.99. The normalized spacial score (nSPS) is 10.2. The Hall–Kier alpha value is -1.61. The fraction of sp³-hybridized carbons (Fsp3) is 0. The van der Waals surface area contributed by atoms with Gasteiger partial charge in [-0.1, -0.05) is 0 Å². The second-order valence-electron chi connectivity index (χ2n) is 2.40. The zero-order chi connectivity index (χ0) is 9.42. The van der Waals surface area contributed by atoms with Crippen molar-refractivity contribution in [1.29, 1.82) is 5.26 Å². The molecule has 2 N–H and O–H groups in total. The van der Waals surface area contributed by atoms with E-state index in [0.29, 0.717) is 21.6 Å². The van der Waals surface area contributed by atoms with E-state index < -0.39 is 0 Å². The van der Waals surface area contributed by atoms with E-state index in [2.05, 4.69) is 25.9 Å². The second-order valence-corrected chi connectivity index (χ2v) is 3.15. The molecular weight excluding hydrogens is 234 g/mol. The molecule has 0 bridgehead atoms. The van der Waals surface area contributed by atoms with Gasteiger partial charge in [-0.3, -0.25) is 4.40 Å². The van der Waals surface area contributed by atoms with Crippen LogP contribution in [0.1, 0.15) is 5.56 Å². The average molecular weight is 238 g/mol. The summed E-state index contributed by atoms with van der Waals surface area (Å²) in [5.74, 6) is 0.353. The Morgan fingerprint density at radius 2 is 2.31 bits per heavy atom. The van der Waals surface area contributed by atoms with Gasteiger partial charge in [-0.05, 0) is 15.9 Å². The van der Waals surface area contributed by atoms with Crippen molar-refractivity contribution in [1.82, 2.24) is 14.4 Å². The molecule has 0 saturated heterocycles. The Balaban J connectivity index is 2.90. The molecule has 0 amide bonds. The molecule has 0 aliphatic heterocycles. The number of fused-ring (bicyclic) bond motifs is 1. The van der Waals surface area contributed by atoms with Crippen LogP contribution in [-0.4, -0.2) is 14.4 Å². The van der Waals surface area contributed by atoms with Gasteiger partial charge in [0.05, 0.1) is 6.20 Å². The Morgan fingerprint density at radius 1 is 1.54 bits per heavy atom. The van der Waals surface area contributed by atoms with Crippen molar-refractivity contribution in [3.05, 3.63) is 22.7 Å². The number of nitrogen functional groups attached to an aromatic ring is 1. The van der Waals surface area contributed by atoms with Crippen LogP contribution in [0.15, 0.2) is 17.1 Å². The molecule has 64 valence electrons. The van der Waals surface area contributed by atoms with E-state index in [9.17, 15) is 0 Å². The molecule has 0 radical (unpaired) electrons. The smallest absolute Gasteiger partial charge is 0.173 e. The number of anilines is 1. The molecule has 0 saturated carbocycles. The standard InChI is InChI=1S/C7H4BrN5/c8-5-7-11-2-4(1-9)6(10)13(7)3-12-5/h2-3H,10H2. The minimum absolute atomic E-state index is 0.345. The lowest BCUT2D eigenvalue weighted by Crippen LogP contribution is -2.00. The van der Waals surface area contributed by atoms with Gasteiger partial charge in [-0.15, -0.1) is 0 Å². The van der Waals surface area contributed by atoms with E-state index in [0.717, 1.165) is 0 Å². The number of hydrogen-bond donors (Lipinski definition) is 1. The molecule has 0 fully saturated rings. The molecule has 0 aliphatic carbocycles. The third-order valence-corrected chi connectivity index (χ3v) is 2.23. The number of halogens is 1. The number of imidazole rings is 1. The van der Waals surface area contributed by atoms with E-state index >= 15 is 0 Å². The number of nitrogens with two attached hydrogens (primary N) is 1. The highest BCUT2D eigenvalue weighted by Crippen LogP contribution is 2.18. The van der Waals surface area contributed by atoms with Gasteiger partial charge in [0.2, 0.25) is 0 Å². The van der Waals surface area contributed by atoms with Crippen molar-refractivity contribution in [3.8, 4) is 6.07 Å². The van der Waals surface area contributed by atoms with Crippen molar-refractivity contribution in [3.63, 3.8) is 0 Å². The van der Waals surface area contributed by atoms with Gasteiger partial charge in [-0.2, -0.15) is 5.26 Å². The fourth-order valence-corrected chi connectivity index (χ4v) is 1.40. The van der Waals surface area contributed by atoms with Crippen LogP contribution in [0.4, 0.5) is 5.82 Å². The average Bonchev–Trinajstić information content (AvgIpc) is 2.50. The van der Waals surface area contributed by atoms with Crippen molar-refractivity contribution in [2.75, 3.05) is 5.73 Å². The summed E-state index contributed by atoms with van der Waals surface area (Å²) in [4.78, 5) is 7.98. The molecule has 13 heavy (non-hydrogen) atoms. The van der Waals surface area contributed by atoms with Crippen LogP contribution < -0.4 is 5.73 Å². The second kappa shape index (κ2) is 2.71. The maximum Gasteiger partial charge on any atom is 0.173 e. The number of aromatic nitrogens is 3. The van der Waals surface area contributed by atoms with E-state index in [-0.39, 0.29) is 0 Å². The van der Waals surface area contributed by atoms with Crippen LogP contribution >= 0.6 is 15.9 Å². The quantitative estimate of drug-likeness (QED) is 0.740. The molecule has 2 aromatic rings. The van der Waals surface area contributed by atoms with Crippen molar-refractivity contribution in [2.24, 2.45) is 0 Å². The van der Waals surface area contributed by atoms with E-state index in [1.54, 1.807) is 4.40 Å². The predicted molar refractivity (Wildman–Crippen MR) is 49.8 cm³/mol. The lowest BCUT2D eigenvalue weighted by atomic mass is 10.3. The first kappa shape index (κ1) is 8.01. The maximum absolute atomic E-state index is 8.67. The molecule has 0 aliphatic rings. The summed E-state index contributed by atoms with van der Waals surface area (Å²) in [6, 6.07) is 1.95. The number of nitriles is 1. The van der Waals surface area contributed by atoms with Gasteiger partial charge in [0.1, 0.15) is 23.8 Å². The molecule has 6 heteroatoms. The monoisotopic (exact) mass is 237 g/mol. The highest BCUT2D eigenvalue weighted by Gasteiger charge is 2.07. The zero-order valence-electron chi connectivity index (χ0n) is 6.40. The van der Waals surface area contributed by atoms with E-state index in [1.165, 1.54) is 12.5 Å². The molecule has 5 nitrogen and oxygen atoms in total. The minimum Gasteiger partial charge on any atom is -0.384 e. The number of nitrogens with zero attached hydrogens (tertiary/aromatic N) is 4. The molecule has 2 aromatic heterocycles.